The zero-order valence-electron chi connectivity index (χ0n) is 27.2. The van der Waals surface area contributed by atoms with Crippen molar-refractivity contribution in [3.63, 3.8) is 0 Å². The van der Waals surface area contributed by atoms with Crippen molar-refractivity contribution in [3.05, 3.63) is 158 Å². The van der Waals surface area contributed by atoms with E-state index in [0.717, 1.165) is 49.3 Å². The summed E-state index contributed by atoms with van der Waals surface area (Å²) in [6.45, 7) is 0. The molecule has 236 valence electrons. The fourth-order valence-electron chi connectivity index (χ4n) is 8.61. The van der Waals surface area contributed by atoms with Crippen LogP contribution in [0.2, 0.25) is 0 Å². The van der Waals surface area contributed by atoms with Gasteiger partial charge in [-0.1, -0.05) is 109 Å². The standard InChI is InChI=1S/C48H26O2S/c1-3-12-34-32(10-1)46(33-11-2-4-13-35(33)47(34)29-17-20-31-30-9-6-8-16-44(30)51-45(31)25-29)28-19-21-41-38(23-28)39-26-37-27(24-43(39)50-41)18-22-42-48(37)36-14-5-7-15-40(36)49-42/h1-26H. The number of thiophene rings is 1. The molecular weight excluding hydrogens is 641 g/mol. The highest BCUT2D eigenvalue weighted by molar-refractivity contribution is 7.25. The van der Waals surface area contributed by atoms with Crippen molar-refractivity contribution in [3.8, 4) is 22.3 Å². The van der Waals surface area contributed by atoms with E-state index in [4.69, 9.17) is 8.83 Å². The Kier molecular flexibility index (Phi) is 5.41. The lowest BCUT2D eigenvalue weighted by Crippen LogP contribution is -1.90. The molecule has 9 aromatic carbocycles. The van der Waals surface area contributed by atoms with Gasteiger partial charge in [-0.3, -0.25) is 0 Å². The minimum atomic E-state index is 0.888. The molecule has 0 amide bonds. The van der Waals surface area contributed by atoms with E-state index in [9.17, 15) is 0 Å². The molecule has 0 unspecified atom stereocenters. The third kappa shape index (κ3) is 3.81. The Labute approximate surface area is 295 Å². The summed E-state index contributed by atoms with van der Waals surface area (Å²) in [5, 5.41) is 14.5. The van der Waals surface area contributed by atoms with Crippen LogP contribution in [0.5, 0.6) is 0 Å². The summed E-state index contributed by atoms with van der Waals surface area (Å²) in [7, 11) is 0. The van der Waals surface area contributed by atoms with Gasteiger partial charge < -0.3 is 8.83 Å². The van der Waals surface area contributed by atoms with Gasteiger partial charge in [0.25, 0.3) is 0 Å². The summed E-state index contributed by atoms with van der Waals surface area (Å²) in [6.07, 6.45) is 0. The van der Waals surface area contributed by atoms with Crippen LogP contribution in [0.15, 0.2) is 167 Å². The molecular formula is C48H26O2S. The molecule has 0 radical (unpaired) electrons. The summed E-state index contributed by atoms with van der Waals surface area (Å²) in [5.74, 6) is 0. The van der Waals surface area contributed by atoms with Gasteiger partial charge in [0, 0.05) is 41.7 Å². The zero-order valence-corrected chi connectivity index (χ0v) is 28.1. The van der Waals surface area contributed by atoms with E-state index in [1.807, 2.05) is 23.5 Å². The fourth-order valence-corrected chi connectivity index (χ4v) is 9.75. The second-order valence-electron chi connectivity index (χ2n) is 13.6. The molecule has 0 N–H and O–H groups in total. The van der Waals surface area contributed by atoms with Crippen LogP contribution in [0.4, 0.5) is 0 Å². The van der Waals surface area contributed by atoms with Crippen LogP contribution in [0.1, 0.15) is 0 Å². The lowest BCUT2D eigenvalue weighted by Gasteiger charge is -2.18. The molecule has 0 bridgehead atoms. The van der Waals surface area contributed by atoms with Crippen LogP contribution in [-0.2, 0) is 0 Å². The van der Waals surface area contributed by atoms with E-state index in [-0.39, 0.29) is 0 Å². The van der Waals surface area contributed by atoms with Crippen LogP contribution in [-0.4, -0.2) is 0 Å². The number of fused-ring (bicyclic) bond motifs is 13. The van der Waals surface area contributed by atoms with Crippen LogP contribution in [0, 0.1) is 0 Å². The summed E-state index contributed by atoms with van der Waals surface area (Å²) in [4.78, 5) is 0. The van der Waals surface area contributed by atoms with Crippen LogP contribution < -0.4 is 0 Å². The molecule has 0 fully saturated rings. The number of para-hydroxylation sites is 1. The molecule has 3 aromatic heterocycles. The monoisotopic (exact) mass is 666 g/mol. The maximum absolute atomic E-state index is 6.52. The predicted molar refractivity (Wildman–Crippen MR) is 217 cm³/mol. The topological polar surface area (TPSA) is 26.3 Å². The smallest absolute Gasteiger partial charge is 0.136 e. The van der Waals surface area contributed by atoms with E-state index in [2.05, 4.69) is 146 Å². The van der Waals surface area contributed by atoms with Gasteiger partial charge in [-0.05, 0) is 103 Å². The highest BCUT2D eigenvalue weighted by Gasteiger charge is 2.19. The van der Waals surface area contributed by atoms with Gasteiger partial charge in [-0.2, -0.15) is 0 Å². The van der Waals surface area contributed by atoms with Crippen molar-refractivity contribution in [2.45, 2.75) is 0 Å². The van der Waals surface area contributed by atoms with Gasteiger partial charge in [-0.15, -0.1) is 11.3 Å². The van der Waals surface area contributed by atoms with Crippen LogP contribution in [0.3, 0.4) is 0 Å². The Bertz CT molecular complexity index is 3370. The Balaban J connectivity index is 1.12. The first kappa shape index (κ1) is 27.4. The van der Waals surface area contributed by atoms with Gasteiger partial charge in [0.15, 0.2) is 0 Å². The average Bonchev–Trinajstić information content (AvgIpc) is 3.86. The lowest BCUT2D eigenvalue weighted by atomic mass is 9.85. The average molecular weight is 667 g/mol. The third-order valence-corrected chi connectivity index (χ3v) is 12.0. The maximum Gasteiger partial charge on any atom is 0.136 e. The highest BCUT2D eigenvalue weighted by atomic mass is 32.1. The first-order valence-electron chi connectivity index (χ1n) is 17.3. The first-order valence-corrected chi connectivity index (χ1v) is 18.1. The Hall–Kier alpha value is -6.42. The molecule has 12 rings (SSSR count). The molecule has 0 spiro atoms. The van der Waals surface area contributed by atoms with Crippen molar-refractivity contribution in [2.24, 2.45) is 0 Å². The summed E-state index contributed by atoms with van der Waals surface area (Å²) in [5.41, 5.74) is 8.54. The molecule has 3 heteroatoms. The number of furan rings is 2. The third-order valence-electron chi connectivity index (χ3n) is 10.8. The molecule has 0 aliphatic carbocycles. The van der Waals surface area contributed by atoms with E-state index >= 15 is 0 Å². The number of hydrogen-bond donors (Lipinski definition) is 0. The SMILES string of the molecule is c1ccc2c(c1)oc1ccc3cc4oc5ccc(-c6c7ccccc7c(-c7ccc8c(c7)sc7ccccc78)c7ccccc67)cc5c4cc3c12. The molecule has 51 heavy (non-hydrogen) atoms. The van der Waals surface area contributed by atoms with Gasteiger partial charge in [0.2, 0.25) is 0 Å². The Morgan fingerprint density at radius 3 is 1.63 bits per heavy atom. The van der Waals surface area contributed by atoms with Gasteiger partial charge in [-0.25, -0.2) is 0 Å². The molecule has 2 nitrogen and oxygen atoms in total. The Morgan fingerprint density at radius 2 is 0.863 bits per heavy atom. The summed E-state index contributed by atoms with van der Waals surface area (Å²) in [6, 6.07) is 57.2. The van der Waals surface area contributed by atoms with E-state index in [0.29, 0.717) is 0 Å². The van der Waals surface area contributed by atoms with Crippen LogP contribution in [0.25, 0.3) is 119 Å². The molecule has 0 aliphatic rings. The second kappa shape index (κ2) is 10.1. The Morgan fingerprint density at radius 1 is 0.314 bits per heavy atom. The maximum atomic E-state index is 6.52. The number of benzene rings is 9. The van der Waals surface area contributed by atoms with E-state index in [1.54, 1.807) is 0 Å². The second-order valence-corrected chi connectivity index (χ2v) is 14.7. The summed E-state index contributed by atoms with van der Waals surface area (Å²) < 4.78 is 15.4. The normalized spacial score (nSPS) is 12.3. The quantitative estimate of drug-likeness (QED) is 0.172. The molecule has 0 saturated heterocycles. The number of hydrogen-bond acceptors (Lipinski definition) is 3. The molecule has 0 saturated carbocycles. The lowest BCUT2D eigenvalue weighted by molar-refractivity contribution is 0.668. The highest BCUT2D eigenvalue weighted by Crippen LogP contribution is 2.47. The molecule has 0 atom stereocenters. The van der Waals surface area contributed by atoms with Crippen molar-refractivity contribution in [1.82, 2.24) is 0 Å². The molecule has 3 heterocycles. The van der Waals surface area contributed by atoms with Crippen molar-refractivity contribution < 1.29 is 8.83 Å². The van der Waals surface area contributed by atoms with E-state index in [1.165, 1.54) is 69.4 Å². The first-order chi connectivity index (χ1) is 25.3. The predicted octanol–water partition coefficient (Wildman–Crippen LogP) is 14.6. The van der Waals surface area contributed by atoms with Gasteiger partial charge >= 0.3 is 0 Å². The van der Waals surface area contributed by atoms with Gasteiger partial charge in [0.1, 0.15) is 22.3 Å². The number of rotatable bonds is 2. The molecule has 0 aliphatic heterocycles. The summed E-state index contributed by atoms with van der Waals surface area (Å²) >= 11 is 1.87. The van der Waals surface area contributed by atoms with Crippen molar-refractivity contribution in [1.29, 1.82) is 0 Å². The van der Waals surface area contributed by atoms with Crippen molar-refractivity contribution >= 4 is 108 Å². The minimum absolute atomic E-state index is 0.888. The van der Waals surface area contributed by atoms with Crippen molar-refractivity contribution in [2.75, 3.05) is 0 Å². The fraction of sp³-hybridized carbons (Fsp3) is 0. The minimum Gasteiger partial charge on any atom is -0.456 e. The van der Waals surface area contributed by atoms with Crippen LogP contribution >= 0.6 is 11.3 Å². The largest absolute Gasteiger partial charge is 0.456 e. The zero-order chi connectivity index (χ0) is 33.2. The van der Waals surface area contributed by atoms with Gasteiger partial charge in [0.05, 0.1) is 0 Å². The van der Waals surface area contributed by atoms with E-state index < -0.39 is 0 Å². The molecule has 12 aromatic rings.